The Morgan fingerprint density at radius 2 is 2.16 bits per heavy atom. The van der Waals surface area contributed by atoms with Crippen molar-refractivity contribution >= 4 is 39.9 Å². The zero-order chi connectivity index (χ0) is 21.6. The maximum Gasteiger partial charge on any atom is 0.262 e. The number of para-hydroxylation sites is 1. The van der Waals surface area contributed by atoms with E-state index in [4.69, 9.17) is 9.72 Å². The Kier molecular flexibility index (Phi) is 7.42. The number of benzene rings is 1. The van der Waals surface area contributed by atoms with Gasteiger partial charge in [0.2, 0.25) is 5.91 Å². The standard InChI is InChI=1S/C23H27N3O3S2/c1-2-29-14-7-13-26-22(28)17-8-3-4-9-18(17)24-23(26)31-16-21(27)25-12-5-10-19(25)20-11-6-15-30-20/h3-4,6,8-9,11,15,19H,2,5,7,10,12-14,16H2,1H3/t19-/m1/s1. The monoisotopic (exact) mass is 457 g/mol. The van der Waals surface area contributed by atoms with E-state index in [0.29, 0.717) is 35.8 Å². The second-order valence-corrected chi connectivity index (χ2v) is 9.39. The highest BCUT2D eigenvalue weighted by Gasteiger charge is 2.30. The van der Waals surface area contributed by atoms with Gasteiger partial charge >= 0.3 is 0 Å². The Morgan fingerprint density at radius 3 is 2.97 bits per heavy atom. The Morgan fingerprint density at radius 1 is 1.29 bits per heavy atom. The second kappa shape index (κ2) is 10.4. The molecular formula is C23H27N3O3S2. The molecule has 0 aliphatic carbocycles. The van der Waals surface area contributed by atoms with Gasteiger partial charge in [0, 0.05) is 31.2 Å². The number of fused-ring (bicyclic) bond motifs is 1. The van der Waals surface area contributed by atoms with Gasteiger partial charge in [-0.15, -0.1) is 11.3 Å². The number of nitrogens with zero attached hydrogens (tertiary/aromatic N) is 3. The fourth-order valence-electron chi connectivity index (χ4n) is 3.98. The number of rotatable bonds is 9. The molecule has 0 spiro atoms. The molecule has 0 bridgehead atoms. The highest BCUT2D eigenvalue weighted by molar-refractivity contribution is 7.99. The molecule has 0 N–H and O–H groups in total. The number of hydrogen-bond donors (Lipinski definition) is 0. The molecule has 1 aliphatic heterocycles. The van der Waals surface area contributed by atoms with Gasteiger partial charge in [0.15, 0.2) is 5.16 Å². The van der Waals surface area contributed by atoms with Crippen molar-refractivity contribution in [1.29, 1.82) is 0 Å². The molecule has 8 heteroatoms. The third kappa shape index (κ3) is 5.02. The molecule has 1 amide bonds. The summed E-state index contributed by atoms with van der Waals surface area (Å²) in [4.78, 5) is 34.1. The summed E-state index contributed by atoms with van der Waals surface area (Å²) >= 11 is 3.06. The van der Waals surface area contributed by atoms with Gasteiger partial charge in [-0.3, -0.25) is 14.2 Å². The maximum absolute atomic E-state index is 13.1. The fraction of sp³-hybridized carbons (Fsp3) is 0.435. The van der Waals surface area contributed by atoms with E-state index in [1.54, 1.807) is 22.0 Å². The van der Waals surface area contributed by atoms with E-state index < -0.39 is 0 Å². The van der Waals surface area contributed by atoms with E-state index in [1.807, 2.05) is 36.1 Å². The summed E-state index contributed by atoms with van der Waals surface area (Å²) < 4.78 is 7.13. The Bertz CT molecular complexity index is 1080. The van der Waals surface area contributed by atoms with Gasteiger partial charge in [-0.2, -0.15) is 0 Å². The van der Waals surface area contributed by atoms with Crippen LogP contribution in [0.25, 0.3) is 10.9 Å². The van der Waals surface area contributed by atoms with Gasteiger partial charge in [-0.1, -0.05) is 30.0 Å². The molecule has 3 aromatic rings. The van der Waals surface area contributed by atoms with E-state index in [-0.39, 0.29) is 23.3 Å². The molecule has 3 heterocycles. The lowest BCUT2D eigenvalue weighted by Crippen LogP contribution is -2.32. The molecule has 2 aromatic heterocycles. The summed E-state index contributed by atoms with van der Waals surface area (Å²) in [6.07, 6.45) is 2.75. The van der Waals surface area contributed by atoms with Crippen LogP contribution in [0.2, 0.25) is 0 Å². The van der Waals surface area contributed by atoms with Gasteiger partial charge in [0.1, 0.15) is 0 Å². The molecule has 0 saturated carbocycles. The largest absolute Gasteiger partial charge is 0.382 e. The SMILES string of the molecule is CCOCCCn1c(SCC(=O)N2CCC[C@@H]2c2cccs2)nc2ccccc2c1=O. The van der Waals surface area contributed by atoms with Crippen molar-refractivity contribution < 1.29 is 9.53 Å². The summed E-state index contributed by atoms with van der Waals surface area (Å²) in [5.74, 6) is 0.377. The van der Waals surface area contributed by atoms with Crippen molar-refractivity contribution in [1.82, 2.24) is 14.5 Å². The number of ether oxygens (including phenoxy) is 1. The minimum absolute atomic E-state index is 0.0605. The minimum atomic E-state index is -0.0605. The molecule has 1 aromatic carbocycles. The first-order valence-electron chi connectivity index (χ1n) is 10.7. The highest BCUT2D eigenvalue weighted by Crippen LogP contribution is 2.35. The number of carbonyl (C=O) groups excluding carboxylic acids is 1. The third-order valence-corrected chi connectivity index (χ3v) is 7.41. The van der Waals surface area contributed by atoms with Crippen LogP contribution in [0.4, 0.5) is 0 Å². The molecule has 4 rings (SSSR count). The average Bonchev–Trinajstić information content (AvgIpc) is 3.48. The summed E-state index contributed by atoms with van der Waals surface area (Å²) in [5.41, 5.74) is 0.607. The van der Waals surface area contributed by atoms with Crippen molar-refractivity contribution in [3.05, 3.63) is 57.0 Å². The molecule has 1 saturated heterocycles. The zero-order valence-corrected chi connectivity index (χ0v) is 19.3. The molecule has 6 nitrogen and oxygen atoms in total. The van der Waals surface area contributed by atoms with Crippen LogP contribution in [0, 0.1) is 0 Å². The summed E-state index contributed by atoms with van der Waals surface area (Å²) in [6, 6.07) is 11.7. The van der Waals surface area contributed by atoms with Crippen LogP contribution in [0.5, 0.6) is 0 Å². The normalized spacial score (nSPS) is 16.3. The predicted octanol–water partition coefficient (Wildman–Crippen LogP) is 4.34. The van der Waals surface area contributed by atoms with Gasteiger partial charge in [-0.05, 0) is 49.8 Å². The number of thioether (sulfide) groups is 1. The van der Waals surface area contributed by atoms with Crippen molar-refractivity contribution in [2.45, 2.75) is 43.9 Å². The van der Waals surface area contributed by atoms with Crippen LogP contribution < -0.4 is 5.56 Å². The first-order chi connectivity index (χ1) is 15.2. The van der Waals surface area contributed by atoms with Crippen molar-refractivity contribution in [2.75, 3.05) is 25.5 Å². The molecule has 164 valence electrons. The Hall–Kier alpha value is -2.16. The van der Waals surface area contributed by atoms with Crippen LogP contribution in [-0.2, 0) is 16.1 Å². The summed E-state index contributed by atoms with van der Waals surface area (Å²) in [5, 5.41) is 3.26. The van der Waals surface area contributed by atoms with Crippen LogP contribution in [0.1, 0.15) is 37.1 Å². The smallest absolute Gasteiger partial charge is 0.262 e. The minimum Gasteiger partial charge on any atom is -0.382 e. The fourth-order valence-corrected chi connectivity index (χ4v) is 5.76. The maximum atomic E-state index is 13.1. The second-order valence-electron chi connectivity index (χ2n) is 7.47. The van der Waals surface area contributed by atoms with E-state index in [1.165, 1.54) is 16.6 Å². The van der Waals surface area contributed by atoms with E-state index >= 15 is 0 Å². The average molecular weight is 458 g/mol. The number of likely N-dealkylation sites (tertiary alicyclic amines) is 1. The summed E-state index contributed by atoms with van der Waals surface area (Å²) in [7, 11) is 0. The van der Waals surface area contributed by atoms with Crippen LogP contribution in [0.15, 0.2) is 51.7 Å². The van der Waals surface area contributed by atoms with Crippen molar-refractivity contribution in [3.63, 3.8) is 0 Å². The van der Waals surface area contributed by atoms with Gasteiger partial charge in [0.05, 0.1) is 22.7 Å². The lowest BCUT2D eigenvalue weighted by molar-refractivity contribution is -0.129. The number of hydrogen-bond acceptors (Lipinski definition) is 6. The lowest BCUT2D eigenvalue weighted by atomic mass is 10.2. The van der Waals surface area contributed by atoms with Gasteiger partial charge in [0.25, 0.3) is 5.56 Å². The van der Waals surface area contributed by atoms with Crippen LogP contribution in [0.3, 0.4) is 0 Å². The van der Waals surface area contributed by atoms with Crippen LogP contribution >= 0.6 is 23.1 Å². The molecule has 1 aliphatic rings. The van der Waals surface area contributed by atoms with E-state index in [0.717, 1.165) is 25.8 Å². The predicted molar refractivity (Wildman–Crippen MR) is 126 cm³/mol. The molecule has 0 unspecified atom stereocenters. The third-order valence-electron chi connectivity index (χ3n) is 5.47. The number of carbonyl (C=O) groups is 1. The van der Waals surface area contributed by atoms with E-state index in [2.05, 4.69) is 11.4 Å². The summed E-state index contributed by atoms with van der Waals surface area (Å²) in [6.45, 7) is 4.51. The van der Waals surface area contributed by atoms with Crippen LogP contribution in [-0.4, -0.2) is 45.9 Å². The highest BCUT2D eigenvalue weighted by atomic mass is 32.2. The molecular weight excluding hydrogens is 430 g/mol. The van der Waals surface area contributed by atoms with Crippen molar-refractivity contribution in [3.8, 4) is 0 Å². The molecule has 1 atom stereocenters. The Labute approximate surface area is 190 Å². The number of aromatic nitrogens is 2. The number of thiophene rings is 1. The first kappa shape index (κ1) is 22.0. The Balaban J connectivity index is 1.52. The van der Waals surface area contributed by atoms with Gasteiger partial charge < -0.3 is 9.64 Å². The molecule has 1 fully saturated rings. The molecule has 31 heavy (non-hydrogen) atoms. The van der Waals surface area contributed by atoms with Crippen molar-refractivity contribution in [2.24, 2.45) is 0 Å². The zero-order valence-electron chi connectivity index (χ0n) is 17.7. The van der Waals surface area contributed by atoms with E-state index in [9.17, 15) is 9.59 Å². The topological polar surface area (TPSA) is 64.4 Å². The quantitative estimate of drug-likeness (QED) is 0.272. The van der Waals surface area contributed by atoms with Gasteiger partial charge in [-0.25, -0.2) is 4.98 Å². The molecule has 0 radical (unpaired) electrons. The lowest BCUT2D eigenvalue weighted by Gasteiger charge is -2.24. The number of amides is 1. The first-order valence-corrected chi connectivity index (χ1v) is 12.6.